The molecule has 3 fully saturated rings. The minimum absolute atomic E-state index is 0.246. The lowest BCUT2D eigenvalue weighted by Gasteiger charge is -2.19. The highest BCUT2D eigenvalue weighted by Crippen LogP contribution is 2.33. The van der Waals surface area contributed by atoms with Gasteiger partial charge in [-0.15, -0.1) is 0 Å². The number of benzene rings is 1. The largest absolute Gasteiger partial charge is 0.490 e. The number of anilines is 1. The zero-order valence-corrected chi connectivity index (χ0v) is 22.3. The van der Waals surface area contributed by atoms with E-state index in [-0.39, 0.29) is 31.5 Å². The number of halogens is 4. The SMILES string of the molecule is O=C(O)C(F)(F)F.OCCC1CCN(c2ccc(-c3nc4nc(O[C@@H]5CO[C@H]6[C@@H]5OC[C@H]6O)[nH]c4cc3Cl)cc2)C1. The summed E-state index contributed by atoms with van der Waals surface area (Å²) in [7, 11) is 0. The van der Waals surface area contributed by atoms with Crippen LogP contribution in [-0.4, -0.2) is 99.7 Å². The number of hydrogen-bond acceptors (Lipinski definition) is 9. The molecule has 1 unspecified atom stereocenters. The third-order valence-electron chi connectivity index (χ3n) is 7.22. The molecule has 5 atom stereocenters. The highest BCUT2D eigenvalue weighted by Gasteiger charge is 2.48. The van der Waals surface area contributed by atoms with Gasteiger partial charge in [0.15, 0.2) is 11.8 Å². The van der Waals surface area contributed by atoms with E-state index in [0.717, 1.165) is 37.2 Å². The topological polar surface area (TPSA) is 150 Å². The van der Waals surface area contributed by atoms with Crippen LogP contribution < -0.4 is 9.64 Å². The van der Waals surface area contributed by atoms with Gasteiger partial charge in [0.1, 0.15) is 18.3 Å². The summed E-state index contributed by atoms with van der Waals surface area (Å²) >= 11 is 6.57. The van der Waals surface area contributed by atoms with Gasteiger partial charge in [-0.05, 0) is 37.0 Å². The van der Waals surface area contributed by atoms with Gasteiger partial charge in [-0.1, -0.05) is 23.7 Å². The minimum Gasteiger partial charge on any atom is -0.475 e. The van der Waals surface area contributed by atoms with Crippen LogP contribution in [0.25, 0.3) is 22.4 Å². The molecular formula is C26H28ClF3N4O7. The minimum atomic E-state index is -5.08. The number of rotatable bonds is 6. The Labute approximate surface area is 236 Å². The second kappa shape index (κ2) is 12.0. The van der Waals surface area contributed by atoms with Crippen molar-refractivity contribution < 1.29 is 47.5 Å². The monoisotopic (exact) mass is 600 g/mol. The Bertz CT molecular complexity index is 1370. The summed E-state index contributed by atoms with van der Waals surface area (Å²) in [5.41, 5.74) is 3.91. The lowest BCUT2D eigenvalue weighted by atomic mass is 10.1. The van der Waals surface area contributed by atoms with Gasteiger partial charge in [-0.25, -0.2) is 9.78 Å². The summed E-state index contributed by atoms with van der Waals surface area (Å²) in [6, 6.07) is 10.3. The van der Waals surface area contributed by atoms with Gasteiger partial charge in [-0.2, -0.15) is 18.2 Å². The van der Waals surface area contributed by atoms with Crippen LogP contribution in [0, 0.1) is 5.92 Å². The number of H-pyrrole nitrogens is 1. The number of carbonyl (C=O) groups is 1. The van der Waals surface area contributed by atoms with Crippen LogP contribution in [0.15, 0.2) is 30.3 Å². The third kappa shape index (κ3) is 6.51. The Morgan fingerprint density at radius 1 is 1.17 bits per heavy atom. The van der Waals surface area contributed by atoms with Gasteiger partial charge in [0.25, 0.3) is 6.01 Å². The first kappa shape index (κ1) is 29.3. The molecule has 3 aliphatic heterocycles. The molecule has 0 aliphatic carbocycles. The van der Waals surface area contributed by atoms with Crippen LogP contribution in [0.5, 0.6) is 6.01 Å². The number of imidazole rings is 1. The first-order chi connectivity index (χ1) is 19.5. The average Bonchev–Trinajstić information content (AvgIpc) is 3.71. The Hall–Kier alpha value is -3.17. The Balaban J connectivity index is 0.000000431. The first-order valence-corrected chi connectivity index (χ1v) is 13.3. The number of aliphatic hydroxyl groups excluding tert-OH is 2. The molecule has 3 aromatic rings. The predicted octanol–water partition coefficient (Wildman–Crippen LogP) is 3.03. The molecule has 41 heavy (non-hydrogen) atoms. The van der Waals surface area contributed by atoms with E-state index in [4.69, 9.17) is 35.7 Å². The fourth-order valence-corrected chi connectivity index (χ4v) is 5.42. The number of aromatic nitrogens is 3. The Morgan fingerprint density at radius 2 is 1.88 bits per heavy atom. The fourth-order valence-electron chi connectivity index (χ4n) is 5.16. The van der Waals surface area contributed by atoms with Gasteiger partial charge in [0, 0.05) is 30.9 Å². The van der Waals surface area contributed by atoms with Crippen LogP contribution in [0.4, 0.5) is 18.9 Å². The second-order valence-corrected chi connectivity index (χ2v) is 10.4. The number of fused-ring (bicyclic) bond motifs is 2. The number of nitrogens with zero attached hydrogens (tertiary/aromatic N) is 3. The van der Waals surface area contributed by atoms with Gasteiger partial charge in [0.05, 0.1) is 29.4 Å². The van der Waals surface area contributed by atoms with Gasteiger partial charge in [0.2, 0.25) is 0 Å². The van der Waals surface area contributed by atoms with E-state index in [1.54, 1.807) is 6.07 Å². The van der Waals surface area contributed by atoms with Gasteiger partial charge < -0.3 is 39.4 Å². The number of carboxylic acid groups (broad SMARTS) is 1. The van der Waals surface area contributed by atoms with Crippen LogP contribution in [0.3, 0.4) is 0 Å². The molecule has 3 saturated heterocycles. The summed E-state index contributed by atoms with van der Waals surface area (Å²) in [6.45, 7) is 2.79. The van der Waals surface area contributed by atoms with Crippen LogP contribution >= 0.6 is 11.6 Å². The molecule has 6 rings (SSSR count). The molecule has 3 aliphatic rings. The number of pyridine rings is 1. The maximum absolute atomic E-state index is 10.6. The molecule has 11 nitrogen and oxygen atoms in total. The standard InChI is InChI=1S/C24H27ClN4O5.C2HF3O2/c25-16-9-17-23(28-24(26-17)34-19-12-33-21-18(31)11-32-22(19)21)27-20(16)14-1-3-15(4-2-14)29-7-5-13(10-29)6-8-30;3-2(4,5)1(6)7/h1-4,9,13,18-19,21-22,30-31H,5-8,10-12H2,(H,26,27,28);(H,6,7)/t13?,18-,19-,21-,22-;/m1./s1. The molecule has 222 valence electrons. The van der Waals surface area contributed by atoms with E-state index in [9.17, 15) is 23.4 Å². The maximum Gasteiger partial charge on any atom is 0.490 e. The summed E-state index contributed by atoms with van der Waals surface area (Å²) in [6.07, 6.45) is -4.78. The summed E-state index contributed by atoms with van der Waals surface area (Å²) in [4.78, 5) is 23.5. The van der Waals surface area contributed by atoms with Crippen molar-refractivity contribution in [2.24, 2.45) is 5.92 Å². The van der Waals surface area contributed by atoms with Crippen LogP contribution in [0.1, 0.15) is 12.8 Å². The first-order valence-electron chi connectivity index (χ1n) is 12.9. The number of ether oxygens (including phenoxy) is 3. The van der Waals surface area contributed by atoms with E-state index in [0.29, 0.717) is 40.4 Å². The van der Waals surface area contributed by atoms with E-state index < -0.39 is 18.2 Å². The molecule has 0 amide bonds. The Morgan fingerprint density at radius 3 is 2.56 bits per heavy atom. The number of carboxylic acids is 1. The smallest absolute Gasteiger partial charge is 0.475 e. The van der Waals surface area contributed by atoms with Crippen molar-refractivity contribution in [3.8, 4) is 17.3 Å². The van der Waals surface area contributed by atoms with E-state index >= 15 is 0 Å². The van der Waals surface area contributed by atoms with Crippen molar-refractivity contribution in [3.05, 3.63) is 35.4 Å². The van der Waals surface area contributed by atoms with Crippen molar-refractivity contribution in [2.75, 3.05) is 37.8 Å². The van der Waals surface area contributed by atoms with Crippen molar-refractivity contribution in [2.45, 2.75) is 43.4 Å². The summed E-state index contributed by atoms with van der Waals surface area (Å²) in [5, 5.41) is 26.7. The predicted molar refractivity (Wildman–Crippen MR) is 140 cm³/mol. The van der Waals surface area contributed by atoms with Gasteiger partial charge in [-0.3, -0.25) is 0 Å². The lowest BCUT2D eigenvalue weighted by molar-refractivity contribution is -0.192. The molecule has 1 aromatic carbocycles. The van der Waals surface area contributed by atoms with Crippen molar-refractivity contribution in [3.63, 3.8) is 0 Å². The van der Waals surface area contributed by atoms with Crippen molar-refractivity contribution >= 4 is 34.4 Å². The lowest BCUT2D eigenvalue weighted by Crippen LogP contribution is -2.34. The highest BCUT2D eigenvalue weighted by molar-refractivity contribution is 6.33. The molecule has 0 radical (unpaired) electrons. The molecule has 0 bridgehead atoms. The van der Waals surface area contributed by atoms with E-state index in [1.165, 1.54) is 0 Å². The van der Waals surface area contributed by atoms with Crippen molar-refractivity contribution in [1.29, 1.82) is 0 Å². The summed E-state index contributed by atoms with van der Waals surface area (Å²) < 4.78 is 48.9. The van der Waals surface area contributed by atoms with Crippen LogP contribution in [0.2, 0.25) is 5.02 Å². The molecule has 15 heteroatoms. The van der Waals surface area contributed by atoms with Gasteiger partial charge >= 0.3 is 12.1 Å². The normalized spacial score (nSPS) is 25.7. The number of hydrogen-bond donors (Lipinski definition) is 4. The number of aliphatic hydroxyl groups is 2. The molecule has 0 saturated carbocycles. The highest BCUT2D eigenvalue weighted by atomic mass is 35.5. The maximum atomic E-state index is 10.6. The molecular weight excluding hydrogens is 573 g/mol. The Kier molecular flexibility index (Phi) is 8.57. The average molecular weight is 601 g/mol. The quantitative estimate of drug-likeness (QED) is 0.332. The molecule has 0 spiro atoms. The second-order valence-electron chi connectivity index (χ2n) is 10.0. The summed E-state index contributed by atoms with van der Waals surface area (Å²) in [5.74, 6) is -2.21. The van der Waals surface area contributed by atoms with Crippen LogP contribution in [-0.2, 0) is 14.3 Å². The number of alkyl halides is 3. The zero-order chi connectivity index (χ0) is 29.3. The number of aromatic amines is 1. The fraction of sp³-hybridized carbons (Fsp3) is 0.500. The third-order valence-corrected chi connectivity index (χ3v) is 7.51. The molecule has 5 heterocycles. The van der Waals surface area contributed by atoms with E-state index in [2.05, 4.69) is 32.0 Å². The number of aliphatic carboxylic acids is 1. The van der Waals surface area contributed by atoms with Crippen molar-refractivity contribution in [1.82, 2.24) is 15.0 Å². The molecule has 2 aromatic heterocycles. The van der Waals surface area contributed by atoms with E-state index in [1.807, 2.05) is 12.1 Å². The number of nitrogens with one attached hydrogen (secondary N) is 1. The molecule has 4 N–H and O–H groups in total. The zero-order valence-electron chi connectivity index (χ0n) is 21.6.